The number of Topliss-reactive ketones (excluding diaryl/α,β-unsaturated/α-hetero) is 1. The van der Waals surface area contributed by atoms with Gasteiger partial charge in [0.25, 0.3) is 0 Å². The zero-order valence-electron chi connectivity index (χ0n) is 15.7. The Labute approximate surface area is 163 Å². The number of carbonyl (C=O) groups excluding carboxylic acids is 1. The maximum absolute atomic E-state index is 13.2. The SMILES string of the molecule is C=C1NC=C(C(=O)c2ccc3c(c2)OCCO3)C(c2ccc(OCC)cc2)N1. The molecule has 0 fully saturated rings. The van der Waals surface area contributed by atoms with Crippen LogP contribution in [0.2, 0.25) is 0 Å². The summed E-state index contributed by atoms with van der Waals surface area (Å²) in [5.41, 5.74) is 2.08. The first kappa shape index (κ1) is 18.0. The first-order valence-corrected chi connectivity index (χ1v) is 9.25. The van der Waals surface area contributed by atoms with E-state index in [0.717, 1.165) is 11.3 Å². The van der Waals surface area contributed by atoms with Crippen LogP contribution < -0.4 is 24.8 Å². The molecular formula is C22H22N2O4. The highest BCUT2D eigenvalue weighted by atomic mass is 16.6. The van der Waals surface area contributed by atoms with Crippen LogP contribution in [0.5, 0.6) is 17.2 Å². The Hall–Kier alpha value is -3.41. The molecule has 0 saturated heterocycles. The molecule has 2 aromatic carbocycles. The Morgan fingerprint density at radius 3 is 2.64 bits per heavy atom. The minimum atomic E-state index is -0.315. The van der Waals surface area contributed by atoms with Crippen molar-refractivity contribution in [3.8, 4) is 17.2 Å². The van der Waals surface area contributed by atoms with Crippen LogP contribution in [-0.2, 0) is 0 Å². The van der Waals surface area contributed by atoms with Crippen LogP contribution >= 0.6 is 0 Å². The molecule has 0 saturated carbocycles. The molecule has 0 aromatic heterocycles. The predicted molar refractivity (Wildman–Crippen MR) is 106 cm³/mol. The van der Waals surface area contributed by atoms with E-state index in [9.17, 15) is 4.79 Å². The number of carbonyl (C=O) groups is 1. The Balaban J connectivity index is 1.64. The van der Waals surface area contributed by atoms with E-state index in [1.54, 1.807) is 24.4 Å². The number of fused-ring (bicyclic) bond motifs is 1. The lowest BCUT2D eigenvalue weighted by Crippen LogP contribution is -2.35. The van der Waals surface area contributed by atoms with Crippen LogP contribution in [0.3, 0.4) is 0 Å². The number of ketones is 1. The van der Waals surface area contributed by atoms with E-state index in [1.807, 2.05) is 31.2 Å². The third kappa shape index (κ3) is 3.53. The van der Waals surface area contributed by atoms with Crippen LogP contribution in [0.25, 0.3) is 0 Å². The Morgan fingerprint density at radius 2 is 1.89 bits per heavy atom. The number of benzene rings is 2. The number of hydrogen-bond acceptors (Lipinski definition) is 6. The average Bonchev–Trinajstić information content (AvgIpc) is 2.73. The van der Waals surface area contributed by atoms with E-state index in [4.69, 9.17) is 14.2 Å². The molecule has 4 rings (SSSR count). The summed E-state index contributed by atoms with van der Waals surface area (Å²) in [4.78, 5) is 13.2. The van der Waals surface area contributed by atoms with Gasteiger partial charge in [0, 0.05) is 17.3 Å². The topological polar surface area (TPSA) is 68.8 Å². The van der Waals surface area contributed by atoms with Gasteiger partial charge in [0.2, 0.25) is 0 Å². The summed E-state index contributed by atoms with van der Waals surface area (Å²) in [5, 5.41) is 6.26. The molecule has 2 aromatic rings. The number of nitrogens with one attached hydrogen (secondary N) is 2. The highest BCUT2D eigenvalue weighted by molar-refractivity contribution is 6.10. The van der Waals surface area contributed by atoms with Gasteiger partial charge in [-0.1, -0.05) is 18.7 Å². The third-order valence-electron chi connectivity index (χ3n) is 4.62. The molecule has 0 bridgehead atoms. The molecule has 2 heterocycles. The number of rotatable bonds is 5. The van der Waals surface area contributed by atoms with Crippen LogP contribution in [0, 0.1) is 0 Å². The van der Waals surface area contributed by atoms with Gasteiger partial charge in [-0.25, -0.2) is 0 Å². The molecule has 1 unspecified atom stereocenters. The van der Waals surface area contributed by atoms with E-state index < -0.39 is 0 Å². The quantitative estimate of drug-likeness (QED) is 0.778. The van der Waals surface area contributed by atoms with Crippen molar-refractivity contribution >= 4 is 5.78 Å². The predicted octanol–water partition coefficient (Wildman–Crippen LogP) is 3.33. The van der Waals surface area contributed by atoms with Crippen molar-refractivity contribution in [3.05, 3.63) is 77.8 Å². The molecule has 6 heteroatoms. The zero-order valence-corrected chi connectivity index (χ0v) is 15.7. The average molecular weight is 378 g/mol. The summed E-state index contributed by atoms with van der Waals surface area (Å²) >= 11 is 0. The van der Waals surface area contributed by atoms with E-state index in [0.29, 0.717) is 48.3 Å². The molecule has 0 spiro atoms. The van der Waals surface area contributed by atoms with Crippen LogP contribution in [0.15, 0.2) is 66.6 Å². The highest BCUT2D eigenvalue weighted by Gasteiger charge is 2.28. The Bertz CT molecular complexity index is 934. The van der Waals surface area contributed by atoms with Crippen LogP contribution in [-0.4, -0.2) is 25.6 Å². The summed E-state index contributed by atoms with van der Waals surface area (Å²) in [6.45, 7) is 7.46. The van der Waals surface area contributed by atoms with Crippen molar-refractivity contribution in [2.24, 2.45) is 0 Å². The molecule has 0 aliphatic carbocycles. The van der Waals surface area contributed by atoms with Crippen LogP contribution in [0.4, 0.5) is 0 Å². The second-order valence-electron chi connectivity index (χ2n) is 6.49. The molecule has 6 nitrogen and oxygen atoms in total. The van der Waals surface area contributed by atoms with Gasteiger partial charge in [-0.15, -0.1) is 0 Å². The van der Waals surface area contributed by atoms with Gasteiger partial charge in [0.05, 0.1) is 18.5 Å². The molecule has 2 N–H and O–H groups in total. The van der Waals surface area contributed by atoms with Gasteiger partial charge in [-0.3, -0.25) is 4.79 Å². The van der Waals surface area contributed by atoms with E-state index in [-0.39, 0.29) is 11.8 Å². The normalized spacial score (nSPS) is 17.8. The lowest BCUT2D eigenvalue weighted by Gasteiger charge is -2.28. The molecule has 144 valence electrons. The summed E-state index contributed by atoms with van der Waals surface area (Å²) in [6, 6.07) is 12.7. The number of hydrogen-bond donors (Lipinski definition) is 2. The first-order valence-electron chi connectivity index (χ1n) is 9.25. The monoisotopic (exact) mass is 378 g/mol. The molecule has 28 heavy (non-hydrogen) atoms. The lowest BCUT2D eigenvalue weighted by atomic mass is 9.91. The second-order valence-corrected chi connectivity index (χ2v) is 6.49. The smallest absolute Gasteiger partial charge is 0.193 e. The molecule has 0 amide bonds. The minimum Gasteiger partial charge on any atom is -0.494 e. The molecule has 0 radical (unpaired) electrons. The maximum atomic E-state index is 13.2. The highest BCUT2D eigenvalue weighted by Crippen LogP contribution is 2.34. The molecular weight excluding hydrogens is 356 g/mol. The third-order valence-corrected chi connectivity index (χ3v) is 4.62. The lowest BCUT2D eigenvalue weighted by molar-refractivity contribution is 0.102. The molecule has 2 aliphatic heterocycles. The van der Waals surface area contributed by atoms with Gasteiger partial charge >= 0.3 is 0 Å². The van der Waals surface area contributed by atoms with Gasteiger partial charge in [0.1, 0.15) is 19.0 Å². The van der Waals surface area contributed by atoms with Gasteiger partial charge < -0.3 is 24.8 Å². The van der Waals surface area contributed by atoms with Crippen molar-refractivity contribution in [3.63, 3.8) is 0 Å². The van der Waals surface area contributed by atoms with E-state index in [2.05, 4.69) is 17.2 Å². The van der Waals surface area contributed by atoms with Crippen molar-refractivity contribution in [1.82, 2.24) is 10.6 Å². The fourth-order valence-electron chi connectivity index (χ4n) is 3.28. The Kier molecular flexibility index (Phi) is 4.93. The van der Waals surface area contributed by atoms with Gasteiger partial charge in [-0.2, -0.15) is 0 Å². The first-order chi connectivity index (χ1) is 13.7. The molecule has 2 aliphatic rings. The maximum Gasteiger partial charge on any atom is 0.193 e. The van der Waals surface area contributed by atoms with Crippen molar-refractivity contribution in [2.45, 2.75) is 13.0 Å². The van der Waals surface area contributed by atoms with E-state index in [1.165, 1.54) is 0 Å². The minimum absolute atomic E-state index is 0.0941. The fraction of sp³-hybridized carbons (Fsp3) is 0.227. The van der Waals surface area contributed by atoms with Gasteiger partial charge in [-0.05, 0) is 42.8 Å². The summed E-state index contributed by atoms with van der Waals surface area (Å²) in [7, 11) is 0. The Morgan fingerprint density at radius 1 is 1.14 bits per heavy atom. The van der Waals surface area contributed by atoms with Crippen molar-refractivity contribution in [2.75, 3.05) is 19.8 Å². The zero-order chi connectivity index (χ0) is 19.5. The number of ether oxygens (including phenoxy) is 3. The standard InChI is InChI=1S/C22H22N2O4/c1-3-26-17-7-4-15(5-8-17)21-18(13-23-14(2)24-21)22(25)16-6-9-19-20(12-16)28-11-10-27-19/h4-9,12-13,21,23-24H,2-3,10-11H2,1H3. The van der Waals surface area contributed by atoms with E-state index >= 15 is 0 Å². The summed E-state index contributed by atoms with van der Waals surface area (Å²) in [5.74, 6) is 2.59. The molecule has 1 atom stereocenters. The summed E-state index contributed by atoms with van der Waals surface area (Å²) in [6.07, 6.45) is 1.71. The van der Waals surface area contributed by atoms with Crippen LogP contribution in [0.1, 0.15) is 28.9 Å². The largest absolute Gasteiger partial charge is 0.494 e. The summed E-state index contributed by atoms with van der Waals surface area (Å²) < 4.78 is 16.7. The fourth-order valence-corrected chi connectivity index (χ4v) is 3.28. The second kappa shape index (κ2) is 7.68. The van der Waals surface area contributed by atoms with Crippen molar-refractivity contribution in [1.29, 1.82) is 0 Å². The van der Waals surface area contributed by atoms with Crippen molar-refractivity contribution < 1.29 is 19.0 Å². The van der Waals surface area contributed by atoms with Gasteiger partial charge in [0.15, 0.2) is 17.3 Å².